The molecule has 2 heterocycles. The number of aliphatic imine (C=N–C) groups is 1. The van der Waals surface area contributed by atoms with Crippen LogP contribution in [0.1, 0.15) is 11.6 Å². The summed E-state index contributed by atoms with van der Waals surface area (Å²) in [5.41, 5.74) is 0.850. The molecule has 2 N–H and O–H groups in total. The lowest BCUT2D eigenvalue weighted by Crippen LogP contribution is -2.26. The summed E-state index contributed by atoms with van der Waals surface area (Å²) in [6.07, 6.45) is 3.51. The Hall–Kier alpha value is -2.47. The molecule has 2 aromatic rings. The molecule has 1 unspecified atom stereocenters. The van der Waals surface area contributed by atoms with Gasteiger partial charge in [-0.1, -0.05) is 24.3 Å². The van der Waals surface area contributed by atoms with Gasteiger partial charge >= 0.3 is 0 Å². The fraction of sp³-hybridized carbons (Fsp3) is 0.267. The Balaban J connectivity index is 1.89. The van der Waals surface area contributed by atoms with Crippen LogP contribution in [-0.4, -0.2) is 37.1 Å². The van der Waals surface area contributed by atoms with Crippen LogP contribution < -0.4 is 10.6 Å². The molecule has 1 aliphatic heterocycles. The normalized spacial score (nSPS) is 19.8. The highest BCUT2D eigenvalue weighted by atomic mass is 16.5. The molecule has 1 aliphatic rings. The highest BCUT2D eigenvalue weighted by molar-refractivity contribution is 6.08. The topological polar surface area (TPSA) is 75.6 Å². The Kier molecular flexibility index (Phi) is 3.79. The van der Waals surface area contributed by atoms with Crippen molar-refractivity contribution in [1.82, 2.24) is 15.6 Å². The molecule has 1 amide bonds. The highest BCUT2D eigenvalue weighted by Crippen LogP contribution is 2.24. The van der Waals surface area contributed by atoms with E-state index in [1.807, 2.05) is 24.3 Å². The fourth-order valence-electron chi connectivity index (χ4n) is 2.35. The van der Waals surface area contributed by atoms with E-state index in [-0.39, 0.29) is 5.91 Å². The van der Waals surface area contributed by atoms with Gasteiger partial charge in [0.1, 0.15) is 6.04 Å². The molecule has 0 saturated carbocycles. The number of nitrogens with one attached hydrogen (secondary N) is 2. The highest BCUT2D eigenvalue weighted by Gasteiger charge is 2.30. The van der Waals surface area contributed by atoms with Gasteiger partial charge in [0.25, 0.3) is 5.91 Å². The van der Waals surface area contributed by atoms with E-state index in [4.69, 9.17) is 4.74 Å². The van der Waals surface area contributed by atoms with E-state index in [0.717, 1.165) is 16.3 Å². The van der Waals surface area contributed by atoms with E-state index in [9.17, 15) is 4.79 Å². The van der Waals surface area contributed by atoms with Crippen LogP contribution in [0.3, 0.4) is 0 Å². The van der Waals surface area contributed by atoms with Gasteiger partial charge in [0.2, 0.25) is 0 Å². The first-order valence-electron chi connectivity index (χ1n) is 6.73. The van der Waals surface area contributed by atoms with Crippen molar-refractivity contribution in [3.63, 3.8) is 0 Å². The van der Waals surface area contributed by atoms with Crippen molar-refractivity contribution in [3.8, 4) is 0 Å². The maximum Gasteiger partial charge on any atom is 0.253 e. The molecule has 0 aliphatic carbocycles. The summed E-state index contributed by atoms with van der Waals surface area (Å²) in [6.45, 7) is 1.02. The first-order valence-corrected chi connectivity index (χ1v) is 6.73. The maximum atomic E-state index is 12.1. The second kappa shape index (κ2) is 5.88. The second-order valence-electron chi connectivity index (χ2n) is 4.74. The fourth-order valence-corrected chi connectivity index (χ4v) is 2.35. The van der Waals surface area contributed by atoms with Crippen molar-refractivity contribution >= 4 is 22.6 Å². The number of nitrogens with zero attached hydrogens (tertiary/aromatic N) is 2. The minimum atomic E-state index is -0.468. The van der Waals surface area contributed by atoms with Crippen LogP contribution in [0.5, 0.6) is 0 Å². The van der Waals surface area contributed by atoms with Gasteiger partial charge < -0.3 is 10.1 Å². The van der Waals surface area contributed by atoms with Gasteiger partial charge in [0.05, 0.1) is 13.2 Å². The lowest BCUT2D eigenvalue weighted by molar-refractivity contribution is -0.120. The average molecular weight is 284 g/mol. The predicted molar refractivity (Wildman–Crippen MR) is 79.9 cm³/mol. The molecule has 1 aromatic heterocycles. The Bertz CT molecular complexity index is 694. The Morgan fingerprint density at radius 3 is 3.05 bits per heavy atom. The first-order chi connectivity index (χ1) is 10.3. The molecule has 6 heteroatoms. The molecular formula is C15H16N4O2. The number of rotatable bonds is 4. The zero-order valence-corrected chi connectivity index (χ0v) is 11.7. The number of ether oxygens (including phenoxy) is 1. The van der Waals surface area contributed by atoms with E-state index < -0.39 is 6.04 Å². The van der Waals surface area contributed by atoms with Gasteiger partial charge in [-0.25, -0.2) is 0 Å². The van der Waals surface area contributed by atoms with Gasteiger partial charge in [0.15, 0.2) is 5.96 Å². The number of guanidine groups is 1. The van der Waals surface area contributed by atoms with Gasteiger partial charge in [-0.3, -0.25) is 20.1 Å². The summed E-state index contributed by atoms with van der Waals surface area (Å²) in [5, 5.41) is 7.87. The summed E-state index contributed by atoms with van der Waals surface area (Å²) in [7, 11) is 1.62. The minimum Gasteiger partial charge on any atom is -0.383 e. The molecular weight excluding hydrogens is 268 g/mol. The minimum absolute atomic E-state index is 0.121. The Morgan fingerprint density at radius 1 is 1.33 bits per heavy atom. The molecule has 0 bridgehead atoms. The number of amides is 1. The molecule has 3 rings (SSSR count). The van der Waals surface area contributed by atoms with Crippen LogP contribution in [0.4, 0.5) is 0 Å². The number of hydrogen-bond acceptors (Lipinski definition) is 4. The summed E-state index contributed by atoms with van der Waals surface area (Å²) >= 11 is 0. The monoisotopic (exact) mass is 284 g/mol. The van der Waals surface area contributed by atoms with Gasteiger partial charge in [-0.15, -0.1) is 0 Å². The molecule has 21 heavy (non-hydrogen) atoms. The Morgan fingerprint density at radius 2 is 2.19 bits per heavy atom. The summed E-state index contributed by atoms with van der Waals surface area (Å²) < 4.78 is 4.94. The van der Waals surface area contributed by atoms with Gasteiger partial charge in [-0.05, 0) is 5.39 Å². The van der Waals surface area contributed by atoms with E-state index in [1.165, 1.54) is 0 Å². The second-order valence-corrected chi connectivity index (χ2v) is 4.74. The van der Waals surface area contributed by atoms with Crippen molar-refractivity contribution in [2.45, 2.75) is 6.04 Å². The van der Waals surface area contributed by atoms with Crippen molar-refractivity contribution in [2.75, 3.05) is 20.3 Å². The standard InChI is InChI=1S/C15H16N4O2/c1-21-7-6-17-15-18-13(14(20)19-15)12-9-16-8-10-4-2-3-5-11(10)12/h2-5,8-9,13H,6-7H2,1H3,(H2,17,18,19,20). The van der Waals surface area contributed by atoms with E-state index in [1.54, 1.807) is 19.5 Å². The first kappa shape index (κ1) is 13.5. The van der Waals surface area contributed by atoms with Crippen LogP contribution in [0.25, 0.3) is 10.8 Å². The van der Waals surface area contributed by atoms with Gasteiger partial charge in [0, 0.05) is 30.5 Å². The number of fused-ring (bicyclic) bond motifs is 1. The SMILES string of the molecule is COCCN=C1NC(=O)C(c2cncc3ccccc23)N1. The quantitative estimate of drug-likeness (QED) is 0.821. The lowest BCUT2D eigenvalue weighted by atomic mass is 10.0. The molecule has 1 aromatic carbocycles. The van der Waals surface area contributed by atoms with E-state index >= 15 is 0 Å². The largest absolute Gasteiger partial charge is 0.383 e. The van der Waals surface area contributed by atoms with Gasteiger partial charge in [-0.2, -0.15) is 0 Å². The molecule has 1 fully saturated rings. The zero-order chi connectivity index (χ0) is 14.7. The van der Waals surface area contributed by atoms with Crippen molar-refractivity contribution in [1.29, 1.82) is 0 Å². The molecule has 1 atom stereocenters. The number of carbonyl (C=O) groups is 1. The molecule has 0 spiro atoms. The van der Waals surface area contributed by atoms with Crippen LogP contribution in [-0.2, 0) is 9.53 Å². The van der Waals surface area contributed by atoms with Crippen LogP contribution >= 0.6 is 0 Å². The number of pyridine rings is 1. The third-order valence-electron chi connectivity index (χ3n) is 3.36. The third kappa shape index (κ3) is 2.71. The number of benzene rings is 1. The van der Waals surface area contributed by atoms with E-state index in [0.29, 0.717) is 19.1 Å². The number of carbonyl (C=O) groups excluding carboxylic acids is 1. The number of hydrogen-bond donors (Lipinski definition) is 2. The van der Waals surface area contributed by atoms with Crippen molar-refractivity contribution < 1.29 is 9.53 Å². The smallest absolute Gasteiger partial charge is 0.253 e. The summed E-state index contributed by atoms with van der Waals surface area (Å²) in [6, 6.07) is 7.40. The van der Waals surface area contributed by atoms with E-state index in [2.05, 4.69) is 20.6 Å². The summed E-state index contributed by atoms with van der Waals surface area (Å²) in [5.74, 6) is 0.360. The maximum absolute atomic E-state index is 12.1. The van der Waals surface area contributed by atoms with Crippen molar-refractivity contribution in [3.05, 3.63) is 42.2 Å². The van der Waals surface area contributed by atoms with Crippen LogP contribution in [0.15, 0.2) is 41.7 Å². The van der Waals surface area contributed by atoms with Crippen LogP contribution in [0, 0.1) is 0 Å². The molecule has 108 valence electrons. The average Bonchev–Trinajstić information content (AvgIpc) is 2.88. The molecule has 0 radical (unpaired) electrons. The van der Waals surface area contributed by atoms with Crippen LogP contribution in [0.2, 0.25) is 0 Å². The Labute approximate surface area is 122 Å². The molecule has 6 nitrogen and oxygen atoms in total. The van der Waals surface area contributed by atoms with Crippen molar-refractivity contribution in [2.24, 2.45) is 4.99 Å². The number of methoxy groups -OCH3 is 1. The lowest BCUT2D eigenvalue weighted by Gasteiger charge is -2.10. The predicted octanol–water partition coefficient (Wildman–Crippen LogP) is 0.998. The zero-order valence-electron chi connectivity index (χ0n) is 11.7. The molecule has 1 saturated heterocycles. The summed E-state index contributed by atoms with van der Waals surface area (Å²) in [4.78, 5) is 20.6. The number of aromatic nitrogens is 1. The third-order valence-corrected chi connectivity index (χ3v) is 3.36.